The van der Waals surface area contributed by atoms with Crippen LogP contribution in [0.25, 0.3) is 11.0 Å². The normalized spacial score (nSPS) is 12.6. The number of aliphatic hydroxyl groups excluding tert-OH is 1. The van der Waals surface area contributed by atoms with Gasteiger partial charge < -0.3 is 15.4 Å². The van der Waals surface area contributed by atoms with Crippen LogP contribution >= 0.6 is 0 Å². The molecule has 3 N–H and O–H groups in total. The van der Waals surface area contributed by atoms with Crippen LogP contribution in [0.2, 0.25) is 0 Å². The van der Waals surface area contributed by atoms with Gasteiger partial charge in [-0.1, -0.05) is 0 Å². The van der Waals surface area contributed by atoms with Gasteiger partial charge in [-0.15, -0.1) is 0 Å². The number of nitrogens with zero attached hydrogens (tertiary/aromatic N) is 1. The molecule has 5 nitrogen and oxygen atoms in total. The molecule has 0 saturated heterocycles. The van der Waals surface area contributed by atoms with Crippen molar-refractivity contribution >= 4 is 16.9 Å². The zero-order chi connectivity index (χ0) is 13.0. The predicted molar refractivity (Wildman–Crippen MR) is 69.3 cm³/mol. The Balaban J connectivity index is 1.92. The summed E-state index contributed by atoms with van der Waals surface area (Å²) in [5, 5.41) is 11.9. The largest absolute Gasteiger partial charge is 0.393 e. The molecule has 0 aliphatic rings. The lowest BCUT2D eigenvalue weighted by atomic mass is 10.2. The Labute approximate surface area is 105 Å². The zero-order valence-corrected chi connectivity index (χ0v) is 10.3. The molecule has 0 saturated carbocycles. The van der Waals surface area contributed by atoms with Gasteiger partial charge in [-0.2, -0.15) is 0 Å². The number of carbonyl (C=O) groups is 1. The van der Waals surface area contributed by atoms with E-state index in [1.165, 1.54) is 0 Å². The molecule has 1 amide bonds. The molecule has 1 atom stereocenters. The van der Waals surface area contributed by atoms with Gasteiger partial charge in [-0.05, 0) is 38.0 Å². The van der Waals surface area contributed by atoms with Gasteiger partial charge in [0.25, 0.3) is 5.91 Å². The standard InChI is InChI=1S/C13H17N3O2/c1-9(17)3-2-6-14-13(18)10-4-5-11-12(7-10)16-8-15-11/h4-5,7-9,17H,2-3,6H2,1H3,(H,14,18)(H,15,16). The van der Waals surface area contributed by atoms with Gasteiger partial charge >= 0.3 is 0 Å². The highest BCUT2D eigenvalue weighted by Crippen LogP contribution is 2.11. The van der Waals surface area contributed by atoms with Crippen LogP contribution in [0.1, 0.15) is 30.1 Å². The summed E-state index contributed by atoms with van der Waals surface area (Å²) in [4.78, 5) is 18.9. The van der Waals surface area contributed by atoms with Crippen molar-refractivity contribution < 1.29 is 9.90 Å². The van der Waals surface area contributed by atoms with Crippen LogP contribution in [-0.2, 0) is 0 Å². The molecular weight excluding hydrogens is 230 g/mol. The third-order valence-corrected chi connectivity index (χ3v) is 2.77. The van der Waals surface area contributed by atoms with Crippen LogP contribution in [0.3, 0.4) is 0 Å². The smallest absolute Gasteiger partial charge is 0.251 e. The van der Waals surface area contributed by atoms with Crippen LogP contribution in [0.5, 0.6) is 0 Å². The molecule has 1 aromatic carbocycles. The Morgan fingerprint density at radius 2 is 2.39 bits per heavy atom. The first kappa shape index (κ1) is 12.6. The second-order valence-corrected chi connectivity index (χ2v) is 4.38. The minimum Gasteiger partial charge on any atom is -0.393 e. The second-order valence-electron chi connectivity index (χ2n) is 4.38. The third kappa shape index (κ3) is 3.07. The summed E-state index contributed by atoms with van der Waals surface area (Å²) in [7, 11) is 0. The summed E-state index contributed by atoms with van der Waals surface area (Å²) in [6.07, 6.45) is 2.76. The Morgan fingerprint density at radius 3 is 3.17 bits per heavy atom. The van der Waals surface area contributed by atoms with Gasteiger partial charge in [0.15, 0.2) is 0 Å². The van der Waals surface area contributed by atoms with Gasteiger partial charge in [0.2, 0.25) is 0 Å². The molecule has 0 radical (unpaired) electrons. The number of nitrogens with one attached hydrogen (secondary N) is 2. The third-order valence-electron chi connectivity index (χ3n) is 2.77. The van der Waals surface area contributed by atoms with Crippen LogP contribution in [0, 0.1) is 0 Å². The first-order valence-corrected chi connectivity index (χ1v) is 6.06. The fourth-order valence-electron chi connectivity index (χ4n) is 1.78. The van der Waals surface area contributed by atoms with Crippen LogP contribution in [0.15, 0.2) is 24.5 Å². The number of aliphatic hydroxyl groups is 1. The van der Waals surface area contributed by atoms with E-state index >= 15 is 0 Å². The molecule has 0 aliphatic carbocycles. The molecule has 0 spiro atoms. The zero-order valence-electron chi connectivity index (χ0n) is 10.3. The van der Waals surface area contributed by atoms with E-state index in [2.05, 4.69) is 15.3 Å². The Hall–Kier alpha value is -1.88. The van der Waals surface area contributed by atoms with Gasteiger partial charge in [-0.3, -0.25) is 4.79 Å². The van der Waals surface area contributed by atoms with E-state index in [4.69, 9.17) is 5.11 Å². The summed E-state index contributed by atoms with van der Waals surface area (Å²) in [6, 6.07) is 5.36. The van der Waals surface area contributed by atoms with Crippen molar-refractivity contribution in [2.24, 2.45) is 0 Å². The monoisotopic (exact) mass is 247 g/mol. The summed E-state index contributed by atoms with van der Waals surface area (Å²) in [6.45, 7) is 2.32. The first-order valence-electron chi connectivity index (χ1n) is 6.06. The Kier molecular flexibility index (Phi) is 3.94. The topological polar surface area (TPSA) is 78.0 Å². The molecule has 96 valence electrons. The molecule has 18 heavy (non-hydrogen) atoms. The maximum absolute atomic E-state index is 11.8. The highest BCUT2D eigenvalue weighted by atomic mass is 16.3. The van der Waals surface area contributed by atoms with Crippen molar-refractivity contribution in [2.75, 3.05) is 6.54 Å². The molecule has 2 rings (SSSR count). The quantitative estimate of drug-likeness (QED) is 0.700. The van der Waals surface area contributed by atoms with Crippen molar-refractivity contribution in [1.29, 1.82) is 0 Å². The number of aromatic amines is 1. The average Bonchev–Trinajstić information content (AvgIpc) is 2.81. The van der Waals surface area contributed by atoms with Gasteiger partial charge in [0, 0.05) is 12.1 Å². The summed E-state index contributed by atoms with van der Waals surface area (Å²) >= 11 is 0. The number of aromatic nitrogens is 2. The fourth-order valence-corrected chi connectivity index (χ4v) is 1.78. The van der Waals surface area contributed by atoms with Crippen LogP contribution < -0.4 is 5.32 Å². The van der Waals surface area contributed by atoms with Crippen molar-refractivity contribution in [3.8, 4) is 0 Å². The predicted octanol–water partition coefficient (Wildman–Crippen LogP) is 1.45. The number of amides is 1. The lowest BCUT2D eigenvalue weighted by Gasteiger charge is -2.06. The average molecular weight is 247 g/mol. The minimum absolute atomic E-state index is 0.0999. The van der Waals surface area contributed by atoms with Crippen molar-refractivity contribution in [1.82, 2.24) is 15.3 Å². The van der Waals surface area contributed by atoms with Crippen molar-refractivity contribution in [2.45, 2.75) is 25.9 Å². The van der Waals surface area contributed by atoms with Crippen LogP contribution in [0.4, 0.5) is 0 Å². The lowest BCUT2D eigenvalue weighted by Crippen LogP contribution is -2.25. The highest BCUT2D eigenvalue weighted by molar-refractivity contribution is 5.97. The molecule has 2 aromatic rings. The number of carbonyl (C=O) groups excluding carboxylic acids is 1. The molecular formula is C13H17N3O2. The number of hydrogen-bond acceptors (Lipinski definition) is 3. The molecule has 0 bridgehead atoms. The van der Waals surface area contributed by atoms with Gasteiger partial charge in [-0.25, -0.2) is 4.98 Å². The number of imidazole rings is 1. The van der Waals surface area contributed by atoms with Crippen molar-refractivity contribution in [3.63, 3.8) is 0 Å². The fraction of sp³-hybridized carbons (Fsp3) is 0.385. The number of fused-ring (bicyclic) bond motifs is 1. The molecule has 0 aliphatic heterocycles. The molecule has 1 aromatic heterocycles. The van der Waals surface area contributed by atoms with E-state index in [9.17, 15) is 4.79 Å². The molecule has 0 fully saturated rings. The SMILES string of the molecule is CC(O)CCCNC(=O)c1ccc2nc[nH]c2c1. The van der Waals surface area contributed by atoms with E-state index in [0.717, 1.165) is 17.5 Å². The van der Waals surface area contributed by atoms with E-state index in [1.807, 2.05) is 6.07 Å². The van der Waals surface area contributed by atoms with E-state index in [1.54, 1.807) is 25.4 Å². The van der Waals surface area contributed by atoms with E-state index in [-0.39, 0.29) is 12.0 Å². The second kappa shape index (κ2) is 5.64. The number of H-pyrrole nitrogens is 1. The Bertz CT molecular complexity index is 534. The number of benzene rings is 1. The number of rotatable bonds is 5. The maximum atomic E-state index is 11.8. The number of hydrogen-bond donors (Lipinski definition) is 3. The molecule has 1 heterocycles. The highest BCUT2D eigenvalue weighted by Gasteiger charge is 2.06. The Morgan fingerprint density at radius 1 is 1.56 bits per heavy atom. The summed E-state index contributed by atoms with van der Waals surface area (Å²) in [5.74, 6) is -0.0999. The molecule has 1 unspecified atom stereocenters. The first-order chi connectivity index (χ1) is 8.66. The van der Waals surface area contributed by atoms with E-state index < -0.39 is 0 Å². The minimum atomic E-state index is -0.316. The summed E-state index contributed by atoms with van der Waals surface area (Å²) < 4.78 is 0. The van der Waals surface area contributed by atoms with Crippen LogP contribution in [-0.4, -0.2) is 33.6 Å². The van der Waals surface area contributed by atoms with E-state index in [0.29, 0.717) is 18.5 Å². The lowest BCUT2D eigenvalue weighted by molar-refractivity contribution is 0.0950. The van der Waals surface area contributed by atoms with Gasteiger partial charge in [0.05, 0.1) is 23.5 Å². The van der Waals surface area contributed by atoms with Crippen molar-refractivity contribution in [3.05, 3.63) is 30.1 Å². The molecule has 5 heteroatoms. The maximum Gasteiger partial charge on any atom is 0.251 e. The summed E-state index contributed by atoms with van der Waals surface area (Å²) in [5.41, 5.74) is 2.32. The van der Waals surface area contributed by atoms with Gasteiger partial charge in [0.1, 0.15) is 0 Å².